The van der Waals surface area contributed by atoms with Crippen LogP contribution in [0, 0.1) is 0 Å². The molecule has 1 amide bonds. The molecule has 0 fully saturated rings. The SMILES string of the molecule is CCCCN1C(=O)C(Nc2ccc3oc(C(=O)OC(C)(C)C)cc3c2)=C(c2ccccc2)S1(O)O. The van der Waals surface area contributed by atoms with E-state index in [1.807, 2.05) is 13.0 Å². The first-order valence-electron chi connectivity index (χ1n) is 11.4. The lowest BCUT2D eigenvalue weighted by molar-refractivity contribution is -0.122. The zero-order valence-corrected chi connectivity index (χ0v) is 21.0. The molecule has 0 bridgehead atoms. The number of amides is 1. The summed E-state index contributed by atoms with van der Waals surface area (Å²) in [5, 5.41) is 3.74. The minimum Gasteiger partial charge on any atom is -0.454 e. The Kier molecular flexibility index (Phi) is 6.68. The van der Waals surface area contributed by atoms with Crippen molar-refractivity contribution < 1.29 is 27.8 Å². The number of rotatable bonds is 7. The molecule has 0 saturated carbocycles. The van der Waals surface area contributed by atoms with Gasteiger partial charge in [-0.05, 0) is 51.5 Å². The second-order valence-electron chi connectivity index (χ2n) is 9.34. The maximum absolute atomic E-state index is 13.3. The summed E-state index contributed by atoms with van der Waals surface area (Å²) >= 11 is 0. The van der Waals surface area contributed by atoms with Gasteiger partial charge in [-0.15, -0.1) is 0 Å². The number of furan rings is 1. The average molecular weight is 499 g/mol. The number of carbonyl (C=O) groups excluding carboxylic acids is 2. The second-order valence-corrected chi connectivity index (χ2v) is 11.2. The molecule has 3 N–H and O–H groups in total. The third-order valence-electron chi connectivity index (χ3n) is 5.39. The summed E-state index contributed by atoms with van der Waals surface area (Å²) in [6.45, 7) is 7.54. The van der Waals surface area contributed by atoms with Crippen molar-refractivity contribution in [1.29, 1.82) is 0 Å². The van der Waals surface area contributed by atoms with Gasteiger partial charge in [-0.2, -0.15) is 0 Å². The van der Waals surface area contributed by atoms with Gasteiger partial charge in [0, 0.05) is 23.2 Å². The number of ether oxygens (including phenoxy) is 1. The molecular weight excluding hydrogens is 468 g/mol. The number of esters is 1. The van der Waals surface area contributed by atoms with Gasteiger partial charge in [0.05, 0.1) is 0 Å². The van der Waals surface area contributed by atoms with Crippen molar-refractivity contribution in [3.63, 3.8) is 0 Å². The fraction of sp³-hybridized carbons (Fsp3) is 0.308. The van der Waals surface area contributed by atoms with Crippen LogP contribution in [0.1, 0.15) is 56.7 Å². The maximum atomic E-state index is 13.3. The van der Waals surface area contributed by atoms with Crippen LogP contribution in [0.5, 0.6) is 0 Å². The van der Waals surface area contributed by atoms with E-state index in [1.54, 1.807) is 69.3 Å². The van der Waals surface area contributed by atoms with Gasteiger partial charge in [-0.25, -0.2) is 9.10 Å². The zero-order chi connectivity index (χ0) is 25.4. The van der Waals surface area contributed by atoms with Crippen LogP contribution in [-0.2, 0) is 9.53 Å². The lowest BCUT2D eigenvalue weighted by Crippen LogP contribution is -2.31. The lowest BCUT2D eigenvalue weighted by atomic mass is 10.1. The summed E-state index contributed by atoms with van der Waals surface area (Å²) in [6.07, 6.45) is 1.45. The Hall–Kier alpha value is -3.27. The Morgan fingerprint density at radius 3 is 2.49 bits per heavy atom. The first kappa shape index (κ1) is 24.8. The number of unbranched alkanes of at least 4 members (excludes halogenated alkanes) is 1. The van der Waals surface area contributed by atoms with Crippen LogP contribution in [-0.4, -0.2) is 37.4 Å². The Morgan fingerprint density at radius 1 is 1.11 bits per heavy atom. The maximum Gasteiger partial charge on any atom is 0.374 e. The average Bonchev–Trinajstić information content (AvgIpc) is 3.28. The molecule has 0 saturated heterocycles. The minimum atomic E-state index is -3.52. The molecule has 2 aromatic carbocycles. The van der Waals surface area contributed by atoms with E-state index in [9.17, 15) is 18.7 Å². The fourth-order valence-electron chi connectivity index (χ4n) is 3.81. The molecule has 0 aliphatic carbocycles. The second kappa shape index (κ2) is 9.41. The van der Waals surface area contributed by atoms with Crippen molar-refractivity contribution in [2.24, 2.45) is 0 Å². The Balaban J connectivity index is 1.71. The van der Waals surface area contributed by atoms with E-state index in [0.717, 1.165) is 10.7 Å². The highest BCUT2D eigenvalue weighted by molar-refractivity contribution is 8.31. The topological polar surface area (TPSA) is 112 Å². The van der Waals surface area contributed by atoms with Crippen molar-refractivity contribution in [2.75, 3.05) is 11.9 Å². The van der Waals surface area contributed by atoms with Crippen molar-refractivity contribution >= 4 is 44.2 Å². The fourth-order valence-corrected chi connectivity index (χ4v) is 5.60. The number of hydrogen-bond acceptors (Lipinski definition) is 7. The summed E-state index contributed by atoms with van der Waals surface area (Å²) in [7, 11) is -3.52. The van der Waals surface area contributed by atoms with Crippen LogP contribution >= 0.6 is 10.8 Å². The smallest absolute Gasteiger partial charge is 0.374 e. The molecule has 8 nitrogen and oxygen atoms in total. The molecule has 9 heteroatoms. The standard InChI is InChI=1S/C26H30N2O6S/c1-5-6-14-28-24(29)22(23(35(28,31)32)17-10-8-7-9-11-17)27-19-12-13-20-18(15-19)16-21(33-20)25(30)34-26(2,3)4/h7-13,15-16,27,31-32H,5-6,14H2,1-4H3. The highest BCUT2D eigenvalue weighted by Gasteiger charge is 2.44. The number of fused-ring (bicyclic) bond motifs is 1. The number of hydrogen-bond donors (Lipinski definition) is 3. The Morgan fingerprint density at radius 2 is 1.83 bits per heavy atom. The van der Waals surface area contributed by atoms with Gasteiger partial charge in [0.2, 0.25) is 5.76 Å². The van der Waals surface area contributed by atoms with Crippen LogP contribution in [0.4, 0.5) is 5.69 Å². The predicted octanol–water partition coefficient (Wildman–Crippen LogP) is 6.48. The first-order chi connectivity index (χ1) is 16.5. The molecule has 1 aromatic heterocycles. The minimum absolute atomic E-state index is 0.0770. The van der Waals surface area contributed by atoms with Crippen LogP contribution in [0.15, 0.2) is 64.7 Å². The van der Waals surface area contributed by atoms with E-state index in [2.05, 4.69) is 5.32 Å². The highest BCUT2D eigenvalue weighted by Crippen LogP contribution is 2.62. The normalized spacial score (nSPS) is 16.6. The molecule has 186 valence electrons. The first-order valence-corrected chi connectivity index (χ1v) is 13.0. The number of benzene rings is 2. The van der Waals surface area contributed by atoms with E-state index >= 15 is 0 Å². The van der Waals surface area contributed by atoms with E-state index < -0.39 is 28.3 Å². The van der Waals surface area contributed by atoms with E-state index in [0.29, 0.717) is 28.6 Å². The van der Waals surface area contributed by atoms with Crippen LogP contribution in [0.3, 0.4) is 0 Å². The van der Waals surface area contributed by atoms with Gasteiger partial charge < -0.3 is 14.5 Å². The molecule has 1 aliphatic rings. The molecular formula is C26H30N2O6S. The van der Waals surface area contributed by atoms with Crippen molar-refractivity contribution in [2.45, 2.75) is 46.1 Å². The zero-order valence-electron chi connectivity index (χ0n) is 20.2. The van der Waals surface area contributed by atoms with E-state index in [1.165, 1.54) is 0 Å². The molecule has 3 aromatic rings. The van der Waals surface area contributed by atoms with Gasteiger partial charge in [0.25, 0.3) is 5.91 Å². The molecule has 0 atom stereocenters. The summed E-state index contributed by atoms with van der Waals surface area (Å²) in [5.74, 6) is -0.962. The predicted molar refractivity (Wildman–Crippen MR) is 138 cm³/mol. The van der Waals surface area contributed by atoms with Crippen LogP contribution in [0.25, 0.3) is 15.9 Å². The summed E-state index contributed by atoms with van der Waals surface area (Å²) in [5.41, 5.74) is 1.04. The number of nitrogens with one attached hydrogen (secondary N) is 1. The molecule has 4 rings (SSSR count). The molecule has 1 aliphatic heterocycles. The Labute approximate surface area is 206 Å². The largest absolute Gasteiger partial charge is 0.454 e. The molecule has 2 heterocycles. The highest BCUT2D eigenvalue weighted by atomic mass is 32.3. The van der Waals surface area contributed by atoms with Crippen molar-refractivity contribution in [3.8, 4) is 0 Å². The number of carbonyl (C=O) groups is 2. The van der Waals surface area contributed by atoms with Gasteiger partial charge >= 0.3 is 5.97 Å². The Bertz CT molecular complexity index is 1290. The lowest BCUT2D eigenvalue weighted by Gasteiger charge is -2.38. The van der Waals surface area contributed by atoms with Gasteiger partial charge in [0.1, 0.15) is 21.8 Å². The van der Waals surface area contributed by atoms with Gasteiger partial charge in [0.15, 0.2) is 0 Å². The van der Waals surface area contributed by atoms with E-state index in [-0.39, 0.29) is 22.9 Å². The van der Waals surface area contributed by atoms with Crippen LogP contribution in [0.2, 0.25) is 0 Å². The molecule has 0 radical (unpaired) electrons. The summed E-state index contributed by atoms with van der Waals surface area (Å²) in [4.78, 5) is 25.9. The summed E-state index contributed by atoms with van der Waals surface area (Å²) < 4.78 is 34.4. The quantitative estimate of drug-likeness (QED) is 0.320. The molecule has 0 spiro atoms. The number of anilines is 1. The van der Waals surface area contributed by atoms with E-state index in [4.69, 9.17) is 9.15 Å². The summed E-state index contributed by atoms with van der Waals surface area (Å²) in [6, 6.07) is 15.6. The third kappa shape index (κ3) is 5.07. The van der Waals surface area contributed by atoms with Gasteiger partial charge in [-0.3, -0.25) is 13.9 Å². The van der Waals surface area contributed by atoms with Crippen LogP contribution < -0.4 is 5.32 Å². The van der Waals surface area contributed by atoms with Crippen molar-refractivity contribution in [1.82, 2.24) is 4.31 Å². The van der Waals surface area contributed by atoms with Gasteiger partial charge in [-0.1, -0.05) is 54.5 Å². The van der Waals surface area contributed by atoms with Crippen molar-refractivity contribution in [3.05, 3.63) is 71.6 Å². The third-order valence-corrected chi connectivity index (χ3v) is 7.34. The molecule has 35 heavy (non-hydrogen) atoms. The number of nitrogens with zero attached hydrogens (tertiary/aromatic N) is 1. The monoisotopic (exact) mass is 498 g/mol. The molecule has 0 unspecified atom stereocenters.